The second-order valence-electron chi connectivity index (χ2n) is 7.80. The van der Waals surface area contributed by atoms with Crippen molar-refractivity contribution in [1.29, 1.82) is 0 Å². The van der Waals surface area contributed by atoms with Crippen LogP contribution >= 0.6 is 11.3 Å². The van der Waals surface area contributed by atoms with Gasteiger partial charge in [-0.1, -0.05) is 20.8 Å². The Morgan fingerprint density at radius 3 is 2.54 bits per heavy atom. The number of carbonyl (C=O) groups is 1. The predicted octanol–water partition coefficient (Wildman–Crippen LogP) is 4.31. The molecule has 2 heterocycles. The molecular weight excluding hydrogens is 340 g/mol. The molecule has 0 atom stereocenters. The van der Waals surface area contributed by atoms with Gasteiger partial charge in [-0.15, -0.1) is 11.3 Å². The van der Waals surface area contributed by atoms with Crippen LogP contribution in [0.1, 0.15) is 51.0 Å². The van der Waals surface area contributed by atoms with Crippen LogP contribution in [0, 0.1) is 0 Å². The number of aromatic nitrogens is 1. The molecule has 24 heavy (non-hydrogen) atoms. The summed E-state index contributed by atoms with van der Waals surface area (Å²) in [5.41, 5.74) is 0.413. The fourth-order valence-electron chi connectivity index (χ4n) is 2.47. The van der Waals surface area contributed by atoms with E-state index in [1.165, 1.54) is 11.3 Å². The molecule has 1 fully saturated rings. The van der Waals surface area contributed by atoms with Crippen LogP contribution in [0.2, 0.25) is 18.1 Å². The average molecular weight is 371 g/mol. The minimum atomic E-state index is -1.71. The molecule has 0 aromatic carbocycles. The van der Waals surface area contributed by atoms with E-state index in [9.17, 15) is 4.79 Å². The van der Waals surface area contributed by atoms with E-state index in [-0.39, 0.29) is 11.0 Å². The molecule has 7 heteroatoms. The third-order valence-corrected chi connectivity index (χ3v) is 10.4. The molecule has 0 N–H and O–H groups in total. The van der Waals surface area contributed by atoms with Crippen LogP contribution in [-0.4, -0.2) is 45.1 Å². The fourth-order valence-corrected chi connectivity index (χ4v) is 4.74. The third-order valence-electron chi connectivity index (χ3n) is 4.96. The number of hydrogen-bond acceptors (Lipinski definition) is 6. The molecule has 5 nitrogen and oxygen atoms in total. The minimum Gasteiger partial charge on any atom is -0.461 e. The van der Waals surface area contributed by atoms with Gasteiger partial charge in [-0.2, -0.15) is 0 Å². The highest BCUT2D eigenvalue weighted by atomic mass is 32.1. The highest BCUT2D eigenvalue weighted by Gasteiger charge is 2.39. The van der Waals surface area contributed by atoms with Crippen molar-refractivity contribution in [1.82, 2.24) is 4.98 Å². The number of rotatable bonds is 5. The number of esters is 1. The molecule has 0 unspecified atom stereocenters. The largest absolute Gasteiger partial charge is 0.461 e. The topological polar surface area (TPSA) is 51.7 Å². The molecule has 1 aliphatic rings. The number of piperidine rings is 1. The number of anilines is 1. The molecule has 136 valence electrons. The zero-order valence-corrected chi connectivity index (χ0v) is 17.5. The molecule has 0 radical (unpaired) electrons. The highest BCUT2D eigenvalue weighted by Crippen LogP contribution is 2.38. The Morgan fingerprint density at radius 1 is 1.38 bits per heavy atom. The fraction of sp³-hybridized carbons (Fsp3) is 0.765. The van der Waals surface area contributed by atoms with Crippen LogP contribution in [0.4, 0.5) is 5.13 Å². The second kappa shape index (κ2) is 7.54. The summed E-state index contributed by atoms with van der Waals surface area (Å²) in [6, 6.07) is 0. The maximum atomic E-state index is 11.7. The summed E-state index contributed by atoms with van der Waals surface area (Å²) in [5.74, 6) is -0.337. The lowest BCUT2D eigenvalue weighted by Crippen LogP contribution is -2.47. The molecule has 1 aliphatic heterocycles. The molecule has 0 aliphatic carbocycles. The standard InChI is InChI=1S/C17H30N2O3SSi/c1-7-21-15(20)14-12-23-16(18-14)19-10-8-13(9-11-19)22-24(5,6)17(2,3)4/h12-13H,7-11H2,1-6H3. The average Bonchev–Trinajstić information content (AvgIpc) is 2.96. The van der Waals surface area contributed by atoms with Gasteiger partial charge in [0.2, 0.25) is 0 Å². The molecular formula is C17H30N2O3SSi. The van der Waals surface area contributed by atoms with Crippen molar-refractivity contribution in [3.63, 3.8) is 0 Å². The minimum absolute atomic E-state index is 0.244. The molecule has 0 amide bonds. The van der Waals surface area contributed by atoms with Crippen molar-refractivity contribution in [2.24, 2.45) is 0 Å². The predicted molar refractivity (Wildman–Crippen MR) is 102 cm³/mol. The van der Waals surface area contributed by atoms with Crippen molar-refractivity contribution >= 4 is 30.8 Å². The van der Waals surface area contributed by atoms with Gasteiger partial charge in [-0.3, -0.25) is 0 Å². The van der Waals surface area contributed by atoms with Gasteiger partial charge >= 0.3 is 5.97 Å². The molecule has 1 aromatic heterocycles. The van der Waals surface area contributed by atoms with Gasteiger partial charge in [0, 0.05) is 24.6 Å². The number of thiazole rings is 1. The van der Waals surface area contributed by atoms with Crippen LogP contribution in [-0.2, 0) is 9.16 Å². The van der Waals surface area contributed by atoms with E-state index < -0.39 is 8.32 Å². The van der Waals surface area contributed by atoms with E-state index in [0.29, 0.717) is 18.4 Å². The first kappa shape index (κ1) is 19.4. The van der Waals surface area contributed by atoms with Crippen LogP contribution in [0.15, 0.2) is 5.38 Å². The van der Waals surface area contributed by atoms with E-state index in [4.69, 9.17) is 9.16 Å². The summed E-state index contributed by atoms with van der Waals surface area (Å²) in [5, 5.41) is 2.93. The number of hydrogen-bond donors (Lipinski definition) is 0. The number of nitrogens with zero attached hydrogens (tertiary/aromatic N) is 2. The Bertz CT molecular complexity index is 560. The van der Waals surface area contributed by atoms with Crippen LogP contribution in [0.25, 0.3) is 0 Å². The summed E-state index contributed by atoms with van der Waals surface area (Å²) >= 11 is 1.51. The zero-order chi connectivity index (χ0) is 18.0. The van der Waals surface area contributed by atoms with Gasteiger partial charge in [0.15, 0.2) is 19.1 Å². The van der Waals surface area contributed by atoms with Gasteiger partial charge in [0.1, 0.15) is 0 Å². The zero-order valence-electron chi connectivity index (χ0n) is 15.7. The van der Waals surface area contributed by atoms with Crippen LogP contribution in [0.3, 0.4) is 0 Å². The van der Waals surface area contributed by atoms with Gasteiger partial charge in [-0.05, 0) is 37.9 Å². The van der Waals surface area contributed by atoms with E-state index in [0.717, 1.165) is 31.1 Å². The first-order chi connectivity index (χ1) is 11.1. The smallest absolute Gasteiger partial charge is 0.357 e. The normalized spacial score (nSPS) is 17.2. The summed E-state index contributed by atoms with van der Waals surface area (Å²) in [7, 11) is -1.71. The highest BCUT2D eigenvalue weighted by molar-refractivity contribution is 7.13. The summed E-state index contributed by atoms with van der Waals surface area (Å²) in [4.78, 5) is 18.4. The van der Waals surface area contributed by atoms with Crippen molar-refractivity contribution in [3.8, 4) is 0 Å². The van der Waals surface area contributed by atoms with Crippen LogP contribution < -0.4 is 4.90 Å². The van der Waals surface area contributed by atoms with Gasteiger partial charge in [0.25, 0.3) is 0 Å². The summed E-state index contributed by atoms with van der Waals surface area (Å²) in [6.07, 6.45) is 2.37. The molecule has 1 aromatic rings. The van der Waals surface area contributed by atoms with E-state index >= 15 is 0 Å². The van der Waals surface area contributed by atoms with Crippen molar-refractivity contribution in [2.75, 3.05) is 24.6 Å². The maximum absolute atomic E-state index is 11.7. The Morgan fingerprint density at radius 2 is 2.00 bits per heavy atom. The van der Waals surface area contributed by atoms with Crippen molar-refractivity contribution < 1.29 is 14.0 Å². The molecule has 2 rings (SSSR count). The first-order valence-electron chi connectivity index (χ1n) is 8.69. The summed E-state index contributed by atoms with van der Waals surface area (Å²) in [6.45, 7) is 15.5. The second-order valence-corrected chi connectivity index (χ2v) is 13.4. The Kier molecular flexibility index (Phi) is 6.09. The number of ether oxygens (including phenoxy) is 1. The van der Waals surface area contributed by atoms with Gasteiger partial charge in [-0.25, -0.2) is 9.78 Å². The lowest BCUT2D eigenvalue weighted by Gasteiger charge is -2.41. The first-order valence-corrected chi connectivity index (χ1v) is 12.5. The Hall–Kier alpha value is -0.923. The van der Waals surface area contributed by atoms with E-state index in [2.05, 4.69) is 43.7 Å². The maximum Gasteiger partial charge on any atom is 0.357 e. The quantitative estimate of drug-likeness (QED) is 0.571. The van der Waals surface area contributed by atoms with E-state index in [1.54, 1.807) is 12.3 Å². The Labute approximate surface area is 150 Å². The van der Waals surface area contributed by atoms with Crippen LogP contribution in [0.5, 0.6) is 0 Å². The third kappa shape index (κ3) is 4.58. The SMILES string of the molecule is CCOC(=O)c1csc(N2CCC(O[Si](C)(C)C(C)(C)C)CC2)n1. The van der Waals surface area contributed by atoms with Crippen molar-refractivity contribution in [3.05, 3.63) is 11.1 Å². The van der Waals surface area contributed by atoms with E-state index in [1.807, 2.05) is 0 Å². The molecule has 1 saturated heterocycles. The molecule has 0 bridgehead atoms. The monoisotopic (exact) mass is 370 g/mol. The van der Waals surface area contributed by atoms with Gasteiger partial charge < -0.3 is 14.1 Å². The molecule has 0 saturated carbocycles. The Balaban J connectivity index is 1.90. The summed E-state index contributed by atoms with van der Waals surface area (Å²) < 4.78 is 11.5. The van der Waals surface area contributed by atoms with Crippen molar-refractivity contribution in [2.45, 2.75) is 64.8 Å². The lowest BCUT2D eigenvalue weighted by molar-refractivity contribution is 0.0520. The molecule has 0 spiro atoms. The number of carbonyl (C=O) groups excluding carboxylic acids is 1. The van der Waals surface area contributed by atoms with Gasteiger partial charge in [0.05, 0.1) is 6.61 Å². The lowest BCUT2D eigenvalue weighted by atomic mass is 10.1.